The fourth-order valence-electron chi connectivity index (χ4n) is 1.54. The molecule has 1 atom stereocenters. The van der Waals surface area contributed by atoms with Crippen LogP contribution in [0.2, 0.25) is 0 Å². The van der Waals surface area contributed by atoms with Gasteiger partial charge in [0.1, 0.15) is 5.82 Å². The van der Waals surface area contributed by atoms with Gasteiger partial charge in [0.05, 0.1) is 18.3 Å². The molecule has 4 nitrogen and oxygen atoms in total. The van der Waals surface area contributed by atoms with Crippen LogP contribution in [0.1, 0.15) is 49.4 Å². The smallest absolute Gasteiger partial charge is 0.123 e. The Bertz CT molecular complexity index is 296. The second kappa shape index (κ2) is 5.88. The molecule has 0 aliphatic carbocycles. The lowest BCUT2D eigenvalue weighted by Crippen LogP contribution is -2.12. The van der Waals surface area contributed by atoms with Crippen LogP contribution in [0.5, 0.6) is 0 Å². The number of ether oxygens (including phenoxy) is 1. The summed E-state index contributed by atoms with van der Waals surface area (Å²) in [6, 6.07) is 0.0225. The first-order valence-electron chi connectivity index (χ1n) is 5.49. The molecule has 0 fully saturated rings. The number of hydrogen-bond acceptors (Lipinski definition) is 3. The number of nitrogens with two attached hydrogens (primary N) is 1. The van der Waals surface area contributed by atoms with Crippen molar-refractivity contribution in [1.82, 2.24) is 9.97 Å². The second-order valence-electron chi connectivity index (χ2n) is 3.88. The summed E-state index contributed by atoms with van der Waals surface area (Å²) in [5.74, 6) is 0.882. The van der Waals surface area contributed by atoms with Gasteiger partial charge in [-0.05, 0) is 13.3 Å². The van der Waals surface area contributed by atoms with E-state index < -0.39 is 0 Å². The van der Waals surface area contributed by atoms with Gasteiger partial charge in [-0.25, -0.2) is 4.98 Å². The van der Waals surface area contributed by atoms with Crippen LogP contribution in [0.25, 0.3) is 0 Å². The Morgan fingerprint density at radius 1 is 1.53 bits per heavy atom. The van der Waals surface area contributed by atoms with Gasteiger partial charge in [-0.3, -0.25) is 0 Å². The molecular weight excluding hydrogens is 190 g/mol. The Hall–Kier alpha value is -0.870. The first-order chi connectivity index (χ1) is 7.19. The SMILES string of the molecule is CCCCC(N)c1nc(COC)c(C)[nH]1. The lowest BCUT2D eigenvalue weighted by Gasteiger charge is -2.06. The molecule has 1 aromatic heterocycles. The van der Waals surface area contributed by atoms with Gasteiger partial charge in [-0.2, -0.15) is 0 Å². The number of aryl methyl sites for hydroxylation is 1. The highest BCUT2D eigenvalue weighted by atomic mass is 16.5. The van der Waals surface area contributed by atoms with E-state index in [9.17, 15) is 0 Å². The Morgan fingerprint density at radius 2 is 2.27 bits per heavy atom. The molecule has 3 N–H and O–H groups in total. The minimum Gasteiger partial charge on any atom is -0.378 e. The van der Waals surface area contributed by atoms with Gasteiger partial charge in [-0.1, -0.05) is 19.8 Å². The summed E-state index contributed by atoms with van der Waals surface area (Å²) in [6.07, 6.45) is 3.29. The molecule has 15 heavy (non-hydrogen) atoms. The van der Waals surface area contributed by atoms with Gasteiger partial charge < -0.3 is 15.5 Å². The minimum absolute atomic E-state index is 0.0225. The zero-order valence-corrected chi connectivity index (χ0v) is 9.84. The van der Waals surface area contributed by atoms with Gasteiger partial charge in [-0.15, -0.1) is 0 Å². The van der Waals surface area contributed by atoms with E-state index in [0.29, 0.717) is 6.61 Å². The third-order valence-electron chi connectivity index (χ3n) is 2.50. The number of aromatic amines is 1. The van der Waals surface area contributed by atoms with Crippen LogP contribution in [-0.4, -0.2) is 17.1 Å². The third kappa shape index (κ3) is 3.32. The van der Waals surface area contributed by atoms with E-state index in [4.69, 9.17) is 10.5 Å². The molecule has 0 radical (unpaired) electrons. The van der Waals surface area contributed by atoms with Crippen molar-refractivity contribution in [2.45, 2.75) is 45.8 Å². The minimum atomic E-state index is 0.0225. The van der Waals surface area contributed by atoms with Crippen molar-refractivity contribution in [3.63, 3.8) is 0 Å². The summed E-state index contributed by atoms with van der Waals surface area (Å²) in [5.41, 5.74) is 8.04. The molecule has 0 aromatic carbocycles. The van der Waals surface area contributed by atoms with Crippen LogP contribution in [0.3, 0.4) is 0 Å². The second-order valence-corrected chi connectivity index (χ2v) is 3.88. The highest BCUT2D eigenvalue weighted by Crippen LogP contribution is 2.16. The van der Waals surface area contributed by atoms with Crippen molar-refractivity contribution in [1.29, 1.82) is 0 Å². The maximum absolute atomic E-state index is 6.02. The van der Waals surface area contributed by atoms with E-state index in [-0.39, 0.29) is 6.04 Å². The lowest BCUT2D eigenvalue weighted by molar-refractivity contribution is 0.181. The summed E-state index contributed by atoms with van der Waals surface area (Å²) in [4.78, 5) is 7.67. The van der Waals surface area contributed by atoms with Crippen molar-refractivity contribution >= 4 is 0 Å². The molecule has 4 heteroatoms. The van der Waals surface area contributed by atoms with Gasteiger partial charge in [0, 0.05) is 12.8 Å². The number of aromatic nitrogens is 2. The number of hydrogen-bond donors (Lipinski definition) is 2. The summed E-state index contributed by atoms with van der Waals surface area (Å²) in [7, 11) is 1.67. The number of unbranched alkanes of at least 4 members (excludes halogenated alkanes) is 1. The summed E-state index contributed by atoms with van der Waals surface area (Å²) >= 11 is 0. The molecule has 0 bridgehead atoms. The monoisotopic (exact) mass is 211 g/mol. The number of rotatable bonds is 6. The molecular formula is C11H21N3O. The van der Waals surface area contributed by atoms with Gasteiger partial charge in [0.25, 0.3) is 0 Å². The zero-order valence-electron chi connectivity index (χ0n) is 9.84. The molecule has 1 rings (SSSR count). The summed E-state index contributed by atoms with van der Waals surface area (Å²) in [5, 5.41) is 0. The first kappa shape index (κ1) is 12.2. The number of imidazole rings is 1. The van der Waals surface area contributed by atoms with Crippen LogP contribution < -0.4 is 5.73 Å². The third-order valence-corrected chi connectivity index (χ3v) is 2.50. The van der Waals surface area contributed by atoms with E-state index in [1.54, 1.807) is 7.11 Å². The van der Waals surface area contributed by atoms with E-state index in [0.717, 1.165) is 36.5 Å². The average Bonchev–Trinajstić information content (AvgIpc) is 2.58. The summed E-state index contributed by atoms with van der Waals surface area (Å²) < 4.78 is 5.06. The number of H-pyrrole nitrogens is 1. The van der Waals surface area contributed by atoms with E-state index >= 15 is 0 Å². The quantitative estimate of drug-likeness (QED) is 0.757. The van der Waals surface area contributed by atoms with Gasteiger partial charge in [0.2, 0.25) is 0 Å². The fourth-order valence-corrected chi connectivity index (χ4v) is 1.54. The molecule has 0 amide bonds. The lowest BCUT2D eigenvalue weighted by atomic mass is 10.1. The molecule has 0 saturated carbocycles. The van der Waals surface area contributed by atoms with Crippen molar-refractivity contribution in [2.75, 3.05) is 7.11 Å². The average molecular weight is 211 g/mol. The maximum atomic E-state index is 6.02. The molecule has 0 spiro atoms. The Balaban J connectivity index is 2.64. The summed E-state index contributed by atoms with van der Waals surface area (Å²) in [6.45, 7) is 4.71. The van der Waals surface area contributed by atoms with E-state index in [2.05, 4.69) is 16.9 Å². The Morgan fingerprint density at radius 3 is 2.87 bits per heavy atom. The topological polar surface area (TPSA) is 63.9 Å². The van der Waals surface area contributed by atoms with Gasteiger partial charge in [0.15, 0.2) is 0 Å². The molecule has 1 unspecified atom stereocenters. The van der Waals surface area contributed by atoms with E-state index in [1.165, 1.54) is 0 Å². The zero-order chi connectivity index (χ0) is 11.3. The molecule has 86 valence electrons. The largest absolute Gasteiger partial charge is 0.378 e. The molecule has 0 aliphatic rings. The Labute approximate surface area is 91.2 Å². The van der Waals surface area contributed by atoms with Crippen LogP contribution in [0.4, 0.5) is 0 Å². The molecule has 1 aromatic rings. The van der Waals surface area contributed by atoms with Crippen LogP contribution in [-0.2, 0) is 11.3 Å². The van der Waals surface area contributed by atoms with Crippen molar-refractivity contribution < 1.29 is 4.74 Å². The van der Waals surface area contributed by atoms with E-state index in [1.807, 2.05) is 6.92 Å². The molecule has 1 heterocycles. The molecule has 0 saturated heterocycles. The number of nitrogens with one attached hydrogen (secondary N) is 1. The van der Waals surface area contributed by atoms with Crippen molar-refractivity contribution in [3.05, 3.63) is 17.2 Å². The highest BCUT2D eigenvalue weighted by Gasteiger charge is 2.12. The molecule has 0 aliphatic heterocycles. The number of methoxy groups -OCH3 is 1. The van der Waals surface area contributed by atoms with Crippen molar-refractivity contribution in [2.24, 2.45) is 5.73 Å². The first-order valence-corrected chi connectivity index (χ1v) is 5.49. The predicted octanol–water partition coefficient (Wildman–Crippen LogP) is 2.05. The fraction of sp³-hybridized carbons (Fsp3) is 0.727. The highest BCUT2D eigenvalue weighted by molar-refractivity contribution is 5.13. The normalized spacial score (nSPS) is 13.1. The predicted molar refractivity (Wildman–Crippen MR) is 60.5 cm³/mol. The van der Waals surface area contributed by atoms with Crippen LogP contribution in [0, 0.1) is 6.92 Å². The van der Waals surface area contributed by atoms with Crippen LogP contribution >= 0.6 is 0 Å². The van der Waals surface area contributed by atoms with Gasteiger partial charge >= 0.3 is 0 Å². The number of nitrogens with zero attached hydrogens (tertiary/aromatic N) is 1. The van der Waals surface area contributed by atoms with Crippen molar-refractivity contribution in [3.8, 4) is 0 Å². The standard InChI is InChI=1S/C11H21N3O/c1-4-5-6-9(12)11-13-8(2)10(14-11)7-15-3/h9H,4-7,12H2,1-3H3,(H,13,14). The van der Waals surface area contributed by atoms with Crippen LogP contribution in [0.15, 0.2) is 0 Å². The Kier molecular flexibility index (Phi) is 4.78. The maximum Gasteiger partial charge on any atom is 0.123 e.